The maximum atomic E-state index is 6.75. The number of hydrogen-bond acceptors (Lipinski definition) is 4. The summed E-state index contributed by atoms with van der Waals surface area (Å²) in [5.74, 6) is 0.893. The molecule has 0 bridgehead atoms. The second kappa shape index (κ2) is 19.8. The summed E-state index contributed by atoms with van der Waals surface area (Å²) in [7, 11) is 0. The minimum atomic E-state index is -0.729. The van der Waals surface area contributed by atoms with Crippen LogP contribution in [-0.2, 0) is 26.2 Å². The smallest absolute Gasteiger partial charge is 0.143 e. The van der Waals surface area contributed by atoms with Crippen LogP contribution in [0.2, 0.25) is 0 Å². The molecule has 4 heteroatoms. The highest BCUT2D eigenvalue weighted by Gasteiger charge is 2.37. The fraction of sp³-hybridized carbons (Fsp3) is 0.400. The van der Waals surface area contributed by atoms with E-state index in [4.69, 9.17) is 18.9 Å². The van der Waals surface area contributed by atoms with E-state index in [1.54, 1.807) is 0 Å². The van der Waals surface area contributed by atoms with Gasteiger partial charge in [0.15, 0.2) is 0 Å². The Morgan fingerprint density at radius 2 is 0.909 bits per heavy atom. The molecule has 0 unspecified atom stereocenters. The first kappa shape index (κ1) is 33.5. The average Bonchev–Trinajstić information content (AvgIpc) is 3.09. The normalized spacial score (nSPS) is 11.5. The van der Waals surface area contributed by atoms with Gasteiger partial charge in [0.05, 0.1) is 33.0 Å². The Balaban J connectivity index is 1.13. The molecule has 4 rings (SSSR count). The number of rotatable bonds is 22. The molecular formula is C40H50O4. The van der Waals surface area contributed by atoms with Gasteiger partial charge in [-0.3, -0.25) is 0 Å². The van der Waals surface area contributed by atoms with Crippen molar-refractivity contribution in [3.05, 3.63) is 138 Å². The predicted octanol–water partition coefficient (Wildman–Crippen LogP) is 9.40. The highest BCUT2D eigenvalue weighted by molar-refractivity contribution is 5.47. The van der Waals surface area contributed by atoms with Crippen molar-refractivity contribution in [3.63, 3.8) is 0 Å². The summed E-state index contributed by atoms with van der Waals surface area (Å²) < 4.78 is 24.2. The minimum absolute atomic E-state index is 0.441. The number of aryl methyl sites for hydroxylation is 1. The second-order valence-corrected chi connectivity index (χ2v) is 11.2. The zero-order valence-corrected chi connectivity index (χ0v) is 26.5. The molecule has 0 aromatic heterocycles. The van der Waals surface area contributed by atoms with E-state index < -0.39 is 5.60 Å². The molecular weight excluding hydrogens is 544 g/mol. The molecule has 0 saturated heterocycles. The predicted molar refractivity (Wildman–Crippen MR) is 180 cm³/mol. The lowest BCUT2D eigenvalue weighted by atomic mass is 9.80. The van der Waals surface area contributed by atoms with E-state index >= 15 is 0 Å². The fourth-order valence-electron chi connectivity index (χ4n) is 5.60. The Kier molecular flexibility index (Phi) is 15.0. The lowest BCUT2D eigenvalue weighted by Gasteiger charge is -2.36. The molecule has 0 fully saturated rings. The lowest BCUT2D eigenvalue weighted by molar-refractivity contribution is -0.0345. The molecule has 0 aliphatic carbocycles. The van der Waals surface area contributed by atoms with E-state index in [0.29, 0.717) is 39.6 Å². The first-order chi connectivity index (χ1) is 21.8. The molecule has 0 atom stereocenters. The molecule has 0 spiro atoms. The van der Waals surface area contributed by atoms with Gasteiger partial charge >= 0.3 is 0 Å². The minimum Gasteiger partial charge on any atom is -0.491 e. The first-order valence-electron chi connectivity index (χ1n) is 16.5. The van der Waals surface area contributed by atoms with E-state index in [1.807, 2.05) is 18.2 Å². The highest BCUT2D eigenvalue weighted by atomic mass is 16.6. The standard InChI is InChI=1S/C40H50O4/c1-2-3-4-5-6-7-11-18-35-25-27-39(28-26-35)43-33-31-41-29-30-42-32-34-44-40(36-19-12-8-13-20-36,37-21-14-9-15-22-37)38-23-16-10-17-24-38/h8-10,12-17,19-28H,2-7,11,18,29-34H2,1H3. The summed E-state index contributed by atoms with van der Waals surface area (Å²) >= 11 is 0. The molecule has 0 radical (unpaired) electrons. The Hall–Kier alpha value is -3.44. The monoisotopic (exact) mass is 594 g/mol. The fourth-order valence-corrected chi connectivity index (χ4v) is 5.60. The molecule has 44 heavy (non-hydrogen) atoms. The number of ether oxygens (including phenoxy) is 4. The summed E-state index contributed by atoms with van der Waals surface area (Å²) in [6.45, 7) is 5.25. The van der Waals surface area contributed by atoms with E-state index in [9.17, 15) is 0 Å². The van der Waals surface area contributed by atoms with Crippen LogP contribution in [0, 0.1) is 0 Å². The summed E-state index contributed by atoms with van der Waals surface area (Å²) in [6, 6.07) is 39.7. The maximum absolute atomic E-state index is 6.75. The molecule has 0 saturated carbocycles. The largest absolute Gasteiger partial charge is 0.491 e. The SMILES string of the molecule is CCCCCCCCCc1ccc(OCCOCCOCCOC(c2ccccc2)(c2ccccc2)c2ccccc2)cc1. The van der Waals surface area contributed by atoms with Gasteiger partial charge in [0.25, 0.3) is 0 Å². The van der Waals surface area contributed by atoms with E-state index in [0.717, 1.165) is 28.9 Å². The van der Waals surface area contributed by atoms with Crippen molar-refractivity contribution < 1.29 is 18.9 Å². The Bertz CT molecular complexity index is 1160. The number of hydrogen-bond donors (Lipinski definition) is 0. The van der Waals surface area contributed by atoms with Gasteiger partial charge in [-0.1, -0.05) is 149 Å². The van der Waals surface area contributed by atoms with Crippen molar-refractivity contribution in [3.8, 4) is 5.75 Å². The number of benzene rings is 4. The topological polar surface area (TPSA) is 36.9 Å². The average molecular weight is 595 g/mol. The molecule has 4 aromatic carbocycles. The molecule has 234 valence electrons. The summed E-state index contributed by atoms with van der Waals surface area (Å²) in [5, 5.41) is 0. The second-order valence-electron chi connectivity index (χ2n) is 11.2. The zero-order valence-electron chi connectivity index (χ0n) is 26.5. The van der Waals surface area contributed by atoms with E-state index in [1.165, 1.54) is 50.5 Å². The molecule has 4 aromatic rings. The van der Waals surface area contributed by atoms with Crippen molar-refractivity contribution >= 4 is 0 Å². The van der Waals surface area contributed by atoms with Crippen molar-refractivity contribution in [2.24, 2.45) is 0 Å². The highest BCUT2D eigenvalue weighted by Crippen LogP contribution is 2.40. The molecule has 0 amide bonds. The van der Waals surface area contributed by atoms with Crippen LogP contribution in [0.15, 0.2) is 115 Å². The van der Waals surface area contributed by atoms with Gasteiger partial charge < -0.3 is 18.9 Å². The van der Waals surface area contributed by atoms with Crippen molar-refractivity contribution in [1.82, 2.24) is 0 Å². The van der Waals surface area contributed by atoms with Crippen LogP contribution < -0.4 is 4.74 Å². The molecule has 4 nitrogen and oxygen atoms in total. The van der Waals surface area contributed by atoms with Gasteiger partial charge in [0.1, 0.15) is 18.0 Å². The third-order valence-corrected chi connectivity index (χ3v) is 7.95. The van der Waals surface area contributed by atoms with Crippen LogP contribution in [0.4, 0.5) is 0 Å². The van der Waals surface area contributed by atoms with Crippen molar-refractivity contribution in [2.45, 2.75) is 63.9 Å². The number of unbranched alkanes of at least 4 members (excludes halogenated alkanes) is 6. The summed E-state index contributed by atoms with van der Waals surface area (Å²) in [5.41, 5.74) is 3.92. The quantitative estimate of drug-likeness (QED) is 0.0671. The van der Waals surface area contributed by atoms with Gasteiger partial charge in [-0.2, -0.15) is 0 Å². The van der Waals surface area contributed by atoms with Crippen LogP contribution in [0.25, 0.3) is 0 Å². The Labute approximate surface area is 265 Å². The summed E-state index contributed by atoms with van der Waals surface area (Å²) in [4.78, 5) is 0. The third kappa shape index (κ3) is 10.6. The van der Waals surface area contributed by atoms with Gasteiger partial charge in [-0.25, -0.2) is 0 Å². The van der Waals surface area contributed by atoms with E-state index in [-0.39, 0.29) is 0 Å². The lowest BCUT2D eigenvalue weighted by Crippen LogP contribution is -2.34. The van der Waals surface area contributed by atoms with Crippen LogP contribution in [0.5, 0.6) is 5.75 Å². The van der Waals surface area contributed by atoms with Crippen molar-refractivity contribution in [1.29, 1.82) is 0 Å². The first-order valence-corrected chi connectivity index (χ1v) is 16.5. The molecule has 0 aliphatic rings. The maximum Gasteiger partial charge on any atom is 0.143 e. The van der Waals surface area contributed by atoms with E-state index in [2.05, 4.69) is 104 Å². The molecule has 0 heterocycles. The Morgan fingerprint density at radius 1 is 0.455 bits per heavy atom. The molecule has 0 N–H and O–H groups in total. The molecule has 0 aliphatic heterocycles. The zero-order chi connectivity index (χ0) is 30.5. The Morgan fingerprint density at radius 3 is 1.43 bits per heavy atom. The van der Waals surface area contributed by atoms with Gasteiger partial charge in [0, 0.05) is 0 Å². The van der Waals surface area contributed by atoms with Gasteiger partial charge in [-0.05, 0) is 47.2 Å². The third-order valence-electron chi connectivity index (χ3n) is 7.95. The van der Waals surface area contributed by atoms with Gasteiger partial charge in [-0.15, -0.1) is 0 Å². The van der Waals surface area contributed by atoms with Gasteiger partial charge in [0.2, 0.25) is 0 Å². The van der Waals surface area contributed by atoms with Crippen molar-refractivity contribution in [2.75, 3.05) is 39.6 Å². The van der Waals surface area contributed by atoms with Crippen LogP contribution >= 0.6 is 0 Å². The van der Waals surface area contributed by atoms with Crippen LogP contribution in [0.1, 0.15) is 74.1 Å². The summed E-state index contributed by atoms with van der Waals surface area (Å²) in [6.07, 6.45) is 10.5. The van der Waals surface area contributed by atoms with Crippen LogP contribution in [-0.4, -0.2) is 39.6 Å². The van der Waals surface area contributed by atoms with Crippen LogP contribution in [0.3, 0.4) is 0 Å².